The molecular weight excluding hydrogens is 350 g/mol. The van der Waals surface area contributed by atoms with E-state index in [1.165, 1.54) is 5.56 Å². The molecule has 0 fully saturated rings. The third kappa shape index (κ3) is 4.33. The first-order valence-electron chi connectivity index (χ1n) is 9.97. The smallest absolute Gasteiger partial charge is 0.335 e. The summed E-state index contributed by atoms with van der Waals surface area (Å²) in [4.78, 5) is 27.7. The van der Waals surface area contributed by atoms with Gasteiger partial charge in [0.2, 0.25) is 0 Å². The van der Waals surface area contributed by atoms with Crippen molar-refractivity contribution in [3.05, 3.63) is 70.4 Å². The van der Waals surface area contributed by atoms with Gasteiger partial charge in [-0.25, -0.2) is 4.79 Å². The number of carboxylic acids is 1. The standard InChI is InChI=1S/C24H27NO3/c1-3-4-13-22(26)23-18(12-8-11-17-9-6-5-7-10-17)20-15-19(24(27)28)16(2)14-21(20)25-23/h5-7,9-10,14-15,25H,3-4,8,11-13H2,1-2H3,(H,27,28). The summed E-state index contributed by atoms with van der Waals surface area (Å²) in [5, 5.41) is 10.4. The number of Topliss-reactive ketones (excluding diaryl/α,β-unsaturated/α-hetero) is 1. The summed E-state index contributed by atoms with van der Waals surface area (Å²) in [6.45, 7) is 3.86. The number of carboxylic acid groups (broad SMARTS) is 1. The number of fused-ring (bicyclic) bond motifs is 1. The first kappa shape index (κ1) is 19.9. The number of nitrogens with one attached hydrogen (secondary N) is 1. The monoisotopic (exact) mass is 377 g/mol. The third-order valence-corrected chi connectivity index (χ3v) is 5.25. The number of ketones is 1. The van der Waals surface area contributed by atoms with Gasteiger partial charge in [-0.1, -0.05) is 43.7 Å². The number of hydrogen-bond acceptors (Lipinski definition) is 2. The normalized spacial score (nSPS) is 11.1. The van der Waals surface area contributed by atoms with Crippen LogP contribution in [0.1, 0.15) is 70.1 Å². The van der Waals surface area contributed by atoms with Crippen LogP contribution < -0.4 is 0 Å². The van der Waals surface area contributed by atoms with Gasteiger partial charge in [0, 0.05) is 17.3 Å². The summed E-state index contributed by atoms with van der Waals surface area (Å²) in [7, 11) is 0. The van der Waals surface area contributed by atoms with E-state index in [1.54, 1.807) is 13.0 Å². The van der Waals surface area contributed by atoms with Crippen LogP contribution in [0, 0.1) is 6.92 Å². The molecule has 4 nitrogen and oxygen atoms in total. The summed E-state index contributed by atoms with van der Waals surface area (Å²) in [5.74, 6) is -0.822. The van der Waals surface area contributed by atoms with Gasteiger partial charge >= 0.3 is 5.97 Å². The molecule has 0 aliphatic rings. The highest BCUT2D eigenvalue weighted by Gasteiger charge is 2.19. The summed E-state index contributed by atoms with van der Waals surface area (Å²) in [5.41, 5.74) is 4.71. The molecule has 2 aromatic carbocycles. The van der Waals surface area contributed by atoms with Gasteiger partial charge in [-0.05, 0) is 61.4 Å². The fourth-order valence-electron chi connectivity index (χ4n) is 3.71. The van der Waals surface area contributed by atoms with Crippen LogP contribution in [-0.2, 0) is 12.8 Å². The number of rotatable bonds is 9. The Bertz CT molecular complexity index is 986. The maximum Gasteiger partial charge on any atom is 0.335 e. The van der Waals surface area contributed by atoms with Crippen molar-refractivity contribution in [3.8, 4) is 0 Å². The van der Waals surface area contributed by atoms with E-state index in [9.17, 15) is 14.7 Å². The van der Waals surface area contributed by atoms with E-state index in [0.29, 0.717) is 23.2 Å². The molecule has 3 rings (SSSR count). The molecular formula is C24H27NO3. The highest BCUT2D eigenvalue weighted by atomic mass is 16.4. The zero-order chi connectivity index (χ0) is 20.1. The molecule has 0 aliphatic heterocycles. The van der Waals surface area contributed by atoms with Crippen LogP contribution in [-0.4, -0.2) is 21.8 Å². The second kappa shape index (κ2) is 8.87. The van der Waals surface area contributed by atoms with Crippen LogP contribution in [0.25, 0.3) is 10.9 Å². The van der Waals surface area contributed by atoms with Crippen molar-refractivity contribution in [2.75, 3.05) is 0 Å². The Morgan fingerprint density at radius 2 is 1.79 bits per heavy atom. The largest absolute Gasteiger partial charge is 0.478 e. The zero-order valence-corrected chi connectivity index (χ0v) is 16.5. The van der Waals surface area contributed by atoms with E-state index in [4.69, 9.17) is 0 Å². The summed E-state index contributed by atoms with van der Waals surface area (Å²) < 4.78 is 0. The molecule has 0 saturated heterocycles. The Labute approximate surface area is 165 Å². The maximum absolute atomic E-state index is 12.8. The Hall–Kier alpha value is -2.88. The van der Waals surface area contributed by atoms with Crippen molar-refractivity contribution in [2.45, 2.75) is 52.4 Å². The van der Waals surface area contributed by atoms with Crippen LogP contribution in [0.2, 0.25) is 0 Å². The second-order valence-corrected chi connectivity index (χ2v) is 7.36. The first-order chi connectivity index (χ1) is 13.5. The highest BCUT2D eigenvalue weighted by Crippen LogP contribution is 2.28. The number of carbonyl (C=O) groups is 2. The van der Waals surface area contributed by atoms with E-state index in [0.717, 1.165) is 48.6 Å². The van der Waals surface area contributed by atoms with Crippen molar-refractivity contribution in [2.24, 2.45) is 0 Å². The predicted octanol–water partition coefficient (Wildman–Crippen LogP) is 5.72. The topological polar surface area (TPSA) is 70.2 Å². The lowest BCUT2D eigenvalue weighted by atomic mass is 9.97. The first-order valence-corrected chi connectivity index (χ1v) is 9.97. The molecule has 28 heavy (non-hydrogen) atoms. The van der Waals surface area contributed by atoms with E-state index < -0.39 is 5.97 Å². The quantitative estimate of drug-likeness (QED) is 0.468. The van der Waals surface area contributed by atoms with Crippen LogP contribution in [0.15, 0.2) is 42.5 Å². The minimum atomic E-state index is -0.935. The van der Waals surface area contributed by atoms with Crippen molar-refractivity contribution in [3.63, 3.8) is 0 Å². The average molecular weight is 377 g/mol. The lowest BCUT2D eigenvalue weighted by molar-refractivity contribution is 0.0696. The molecule has 146 valence electrons. The Kier molecular flexibility index (Phi) is 6.30. The minimum Gasteiger partial charge on any atom is -0.478 e. The van der Waals surface area contributed by atoms with Crippen molar-refractivity contribution >= 4 is 22.7 Å². The van der Waals surface area contributed by atoms with E-state index >= 15 is 0 Å². The van der Waals surface area contributed by atoms with Crippen molar-refractivity contribution < 1.29 is 14.7 Å². The summed E-state index contributed by atoms with van der Waals surface area (Å²) in [6, 6.07) is 13.8. The molecule has 1 aromatic heterocycles. The molecule has 0 saturated carbocycles. The third-order valence-electron chi connectivity index (χ3n) is 5.25. The van der Waals surface area contributed by atoms with E-state index in [1.807, 2.05) is 24.3 Å². The molecule has 0 amide bonds. The fraction of sp³-hybridized carbons (Fsp3) is 0.333. The lowest BCUT2D eigenvalue weighted by Crippen LogP contribution is -2.04. The number of hydrogen-bond donors (Lipinski definition) is 2. The number of unbranched alkanes of at least 4 members (excludes halogenated alkanes) is 1. The van der Waals surface area contributed by atoms with Crippen molar-refractivity contribution in [1.29, 1.82) is 0 Å². The molecule has 0 unspecified atom stereocenters. The number of aromatic nitrogens is 1. The van der Waals surface area contributed by atoms with Gasteiger partial charge in [-0.2, -0.15) is 0 Å². The van der Waals surface area contributed by atoms with Crippen LogP contribution >= 0.6 is 0 Å². The molecule has 0 radical (unpaired) electrons. The van der Waals surface area contributed by atoms with E-state index in [-0.39, 0.29) is 5.78 Å². The number of H-pyrrole nitrogens is 1. The number of benzene rings is 2. The molecule has 2 N–H and O–H groups in total. The van der Waals surface area contributed by atoms with Gasteiger partial charge in [-0.15, -0.1) is 0 Å². The molecule has 0 atom stereocenters. The lowest BCUT2D eigenvalue weighted by Gasteiger charge is -2.06. The van der Waals surface area contributed by atoms with Gasteiger partial charge in [0.15, 0.2) is 5.78 Å². The average Bonchev–Trinajstić information content (AvgIpc) is 3.03. The number of aromatic carboxylic acids is 1. The molecule has 0 spiro atoms. The fourth-order valence-corrected chi connectivity index (χ4v) is 3.71. The Morgan fingerprint density at radius 1 is 1.04 bits per heavy atom. The van der Waals surface area contributed by atoms with Crippen LogP contribution in [0.4, 0.5) is 0 Å². The summed E-state index contributed by atoms with van der Waals surface area (Å²) >= 11 is 0. The van der Waals surface area contributed by atoms with Gasteiger partial charge in [0.05, 0.1) is 11.3 Å². The zero-order valence-electron chi connectivity index (χ0n) is 16.5. The predicted molar refractivity (Wildman–Crippen MR) is 112 cm³/mol. The Morgan fingerprint density at radius 3 is 2.46 bits per heavy atom. The van der Waals surface area contributed by atoms with Crippen LogP contribution in [0.3, 0.4) is 0 Å². The molecule has 3 aromatic rings. The Balaban J connectivity index is 1.96. The van der Waals surface area contributed by atoms with Gasteiger partial charge in [0.25, 0.3) is 0 Å². The molecule has 4 heteroatoms. The number of aryl methyl sites for hydroxylation is 3. The van der Waals surface area contributed by atoms with Gasteiger partial charge in [-0.3, -0.25) is 4.79 Å². The number of carbonyl (C=O) groups excluding carboxylic acids is 1. The maximum atomic E-state index is 12.8. The molecule has 0 bridgehead atoms. The SMILES string of the molecule is CCCCC(=O)c1[nH]c2cc(C)c(C(=O)O)cc2c1CCCc1ccccc1. The molecule has 0 aliphatic carbocycles. The number of aromatic amines is 1. The highest BCUT2D eigenvalue weighted by molar-refractivity contribution is 6.04. The van der Waals surface area contributed by atoms with Crippen LogP contribution in [0.5, 0.6) is 0 Å². The second-order valence-electron chi connectivity index (χ2n) is 7.36. The minimum absolute atomic E-state index is 0.113. The van der Waals surface area contributed by atoms with Gasteiger partial charge in [0.1, 0.15) is 0 Å². The van der Waals surface area contributed by atoms with E-state index in [2.05, 4.69) is 24.0 Å². The summed E-state index contributed by atoms with van der Waals surface area (Å²) in [6.07, 6.45) is 4.91. The molecule has 1 heterocycles. The van der Waals surface area contributed by atoms with Gasteiger partial charge < -0.3 is 10.1 Å². The van der Waals surface area contributed by atoms with Crippen molar-refractivity contribution in [1.82, 2.24) is 4.98 Å².